The maximum Gasteiger partial charge on any atom is 0.217 e. The Labute approximate surface area is 242 Å². The van der Waals surface area contributed by atoms with Gasteiger partial charge < -0.3 is 19.9 Å². The maximum atomic E-state index is 11.3. The summed E-state index contributed by atoms with van der Waals surface area (Å²) in [4.78, 5) is 13.6. The van der Waals surface area contributed by atoms with E-state index in [1.165, 1.54) is 12.5 Å². The predicted octanol–water partition coefficient (Wildman–Crippen LogP) is 6.16. The number of likely N-dealkylation sites (N-methyl/N-ethyl adjacent to an activating group) is 1. The van der Waals surface area contributed by atoms with Crippen molar-refractivity contribution in [2.45, 2.75) is 51.5 Å². The van der Waals surface area contributed by atoms with Crippen LogP contribution in [0.15, 0.2) is 103 Å². The minimum absolute atomic E-state index is 0.0184. The third kappa shape index (κ3) is 7.90. The average molecular weight is 551 g/mol. The summed E-state index contributed by atoms with van der Waals surface area (Å²) in [5, 5.41) is 12.3. The first kappa shape index (κ1) is 28.7. The molecule has 1 aliphatic heterocycles. The molecular formula is C35H38N2O4. The molecule has 4 aromatic rings. The van der Waals surface area contributed by atoms with E-state index in [1.807, 2.05) is 42.5 Å². The van der Waals surface area contributed by atoms with E-state index >= 15 is 0 Å². The number of nitrogens with one attached hydrogen (secondary N) is 1. The first-order valence-corrected chi connectivity index (χ1v) is 14.1. The van der Waals surface area contributed by atoms with Crippen LogP contribution in [-0.2, 0) is 34.0 Å². The normalized spacial score (nSPS) is 18.8. The van der Waals surface area contributed by atoms with Gasteiger partial charge in [-0.3, -0.25) is 9.69 Å². The molecule has 1 saturated heterocycles. The van der Waals surface area contributed by atoms with Gasteiger partial charge in [0, 0.05) is 38.5 Å². The van der Waals surface area contributed by atoms with Crippen LogP contribution < -0.4 is 5.32 Å². The van der Waals surface area contributed by atoms with Crippen molar-refractivity contribution in [2.75, 3.05) is 13.6 Å². The lowest BCUT2D eigenvalue weighted by Crippen LogP contribution is -2.37. The Morgan fingerprint density at radius 2 is 1.54 bits per heavy atom. The van der Waals surface area contributed by atoms with Gasteiger partial charge in [-0.15, -0.1) is 0 Å². The van der Waals surface area contributed by atoms with Gasteiger partial charge >= 0.3 is 0 Å². The fourth-order valence-corrected chi connectivity index (χ4v) is 5.26. The van der Waals surface area contributed by atoms with Gasteiger partial charge in [-0.25, -0.2) is 0 Å². The third-order valence-corrected chi connectivity index (χ3v) is 7.41. The second kappa shape index (κ2) is 13.7. The van der Waals surface area contributed by atoms with Crippen molar-refractivity contribution in [3.8, 4) is 11.1 Å². The molecule has 1 amide bonds. The number of aliphatic hydroxyl groups is 1. The van der Waals surface area contributed by atoms with Crippen LogP contribution in [0.1, 0.15) is 53.6 Å². The SMILES string of the molecule is CC(=O)NCc1cccc(-c2ccc([C@@H]3O[C@H](CN(C)Cc4ccccc4)C[C@H](c4ccc(CO)cc4)O3)cc2)c1. The Balaban J connectivity index is 1.33. The zero-order valence-corrected chi connectivity index (χ0v) is 23.7. The van der Waals surface area contributed by atoms with Crippen LogP contribution >= 0.6 is 0 Å². The molecule has 0 aliphatic carbocycles. The Hall–Kier alpha value is -3.81. The molecule has 1 fully saturated rings. The summed E-state index contributed by atoms with van der Waals surface area (Å²) in [6, 6.07) is 35.0. The monoisotopic (exact) mass is 550 g/mol. The van der Waals surface area contributed by atoms with Crippen LogP contribution in [0.2, 0.25) is 0 Å². The first-order chi connectivity index (χ1) is 20.0. The molecule has 0 saturated carbocycles. The minimum Gasteiger partial charge on any atom is -0.392 e. The summed E-state index contributed by atoms with van der Waals surface area (Å²) in [7, 11) is 2.13. The van der Waals surface area contributed by atoms with E-state index < -0.39 is 6.29 Å². The quantitative estimate of drug-likeness (QED) is 0.248. The molecular weight excluding hydrogens is 512 g/mol. The van der Waals surface area contributed by atoms with E-state index in [2.05, 4.69) is 77.9 Å². The summed E-state index contributed by atoms with van der Waals surface area (Å²) in [6.07, 6.45) is 0.103. The molecule has 6 nitrogen and oxygen atoms in total. The van der Waals surface area contributed by atoms with Crippen molar-refractivity contribution in [1.29, 1.82) is 0 Å². The van der Waals surface area contributed by atoms with Gasteiger partial charge in [-0.1, -0.05) is 97.1 Å². The standard InChI is InChI=1S/C35H38N2O4/c1-25(39)36-21-28-9-6-10-32(19-28)29-15-17-31(18-16-29)35-40-33(23-37(2)22-26-7-4-3-5-8-26)20-34(41-35)30-13-11-27(24-38)12-14-30/h3-19,33-35,38H,20-24H2,1-2H3,(H,36,39)/t33-,34+,35+/m0/s1. The van der Waals surface area contributed by atoms with Gasteiger partial charge in [0.05, 0.1) is 18.8 Å². The van der Waals surface area contributed by atoms with E-state index in [1.54, 1.807) is 0 Å². The molecule has 4 aromatic carbocycles. The number of ether oxygens (including phenoxy) is 2. The summed E-state index contributed by atoms with van der Waals surface area (Å²) in [5.74, 6) is -0.0422. The Kier molecular flexibility index (Phi) is 9.59. The minimum atomic E-state index is -0.499. The number of hydrogen-bond acceptors (Lipinski definition) is 5. The molecule has 0 unspecified atom stereocenters. The highest BCUT2D eigenvalue weighted by atomic mass is 16.7. The zero-order valence-electron chi connectivity index (χ0n) is 23.7. The number of carbonyl (C=O) groups is 1. The molecule has 0 spiro atoms. The summed E-state index contributed by atoms with van der Waals surface area (Å²) < 4.78 is 13.1. The molecule has 3 atom stereocenters. The number of rotatable bonds is 10. The van der Waals surface area contributed by atoms with Crippen molar-refractivity contribution in [3.63, 3.8) is 0 Å². The van der Waals surface area contributed by atoms with Crippen LogP contribution in [0.4, 0.5) is 0 Å². The first-order valence-electron chi connectivity index (χ1n) is 14.1. The second-order valence-corrected chi connectivity index (χ2v) is 10.8. The van der Waals surface area contributed by atoms with Gasteiger partial charge in [-0.05, 0) is 46.5 Å². The van der Waals surface area contributed by atoms with Crippen molar-refractivity contribution in [3.05, 3.63) is 131 Å². The maximum absolute atomic E-state index is 11.3. The molecule has 6 heteroatoms. The van der Waals surface area contributed by atoms with Gasteiger partial charge in [0.25, 0.3) is 0 Å². The number of hydrogen-bond donors (Lipinski definition) is 2. The Bertz CT molecular complexity index is 1410. The van der Waals surface area contributed by atoms with E-state index in [4.69, 9.17) is 9.47 Å². The van der Waals surface area contributed by atoms with Gasteiger partial charge in [-0.2, -0.15) is 0 Å². The van der Waals surface area contributed by atoms with Gasteiger partial charge in [0.1, 0.15) is 0 Å². The second-order valence-electron chi connectivity index (χ2n) is 10.8. The lowest BCUT2D eigenvalue weighted by Gasteiger charge is -2.38. The summed E-state index contributed by atoms with van der Waals surface area (Å²) >= 11 is 0. The molecule has 0 aromatic heterocycles. The topological polar surface area (TPSA) is 71.0 Å². The predicted molar refractivity (Wildman–Crippen MR) is 161 cm³/mol. The van der Waals surface area contributed by atoms with Crippen LogP contribution in [-0.4, -0.2) is 35.6 Å². The molecule has 41 heavy (non-hydrogen) atoms. The number of nitrogens with zero attached hydrogens (tertiary/aromatic N) is 1. The van der Waals surface area contributed by atoms with Gasteiger partial charge in [0.15, 0.2) is 6.29 Å². The zero-order chi connectivity index (χ0) is 28.6. The van der Waals surface area contributed by atoms with Crippen molar-refractivity contribution in [2.24, 2.45) is 0 Å². The van der Waals surface area contributed by atoms with E-state index in [-0.39, 0.29) is 24.7 Å². The van der Waals surface area contributed by atoms with Gasteiger partial charge in [0.2, 0.25) is 5.91 Å². The highest BCUT2D eigenvalue weighted by Crippen LogP contribution is 2.38. The highest BCUT2D eigenvalue weighted by Gasteiger charge is 2.32. The highest BCUT2D eigenvalue weighted by molar-refractivity contribution is 5.73. The Morgan fingerprint density at radius 1 is 0.829 bits per heavy atom. The number of carbonyl (C=O) groups excluding carboxylic acids is 1. The van der Waals surface area contributed by atoms with E-state index in [9.17, 15) is 9.90 Å². The number of benzene rings is 4. The molecule has 2 N–H and O–H groups in total. The van der Waals surface area contributed by atoms with E-state index in [0.29, 0.717) is 6.54 Å². The summed E-state index contributed by atoms with van der Waals surface area (Å²) in [5.41, 5.74) is 7.43. The van der Waals surface area contributed by atoms with Crippen molar-refractivity contribution < 1.29 is 19.4 Å². The van der Waals surface area contributed by atoms with Crippen LogP contribution in [0.3, 0.4) is 0 Å². The third-order valence-electron chi connectivity index (χ3n) is 7.41. The molecule has 1 heterocycles. The summed E-state index contributed by atoms with van der Waals surface area (Å²) in [6.45, 7) is 3.67. The molecule has 1 aliphatic rings. The largest absolute Gasteiger partial charge is 0.392 e. The van der Waals surface area contributed by atoms with Crippen LogP contribution in [0, 0.1) is 0 Å². The smallest absolute Gasteiger partial charge is 0.217 e. The lowest BCUT2D eigenvalue weighted by molar-refractivity contribution is -0.252. The van der Waals surface area contributed by atoms with Crippen LogP contribution in [0.5, 0.6) is 0 Å². The molecule has 212 valence electrons. The number of amides is 1. The van der Waals surface area contributed by atoms with Crippen molar-refractivity contribution in [1.82, 2.24) is 10.2 Å². The molecule has 0 radical (unpaired) electrons. The van der Waals surface area contributed by atoms with Crippen LogP contribution in [0.25, 0.3) is 11.1 Å². The fourth-order valence-electron chi connectivity index (χ4n) is 5.26. The molecule has 5 rings (SSSR count). The fraction of sp³-hybridized carbons (Fsp3) is 0.286. The number of aliphatic hydroxyl groups excluding tert-OH is 1. The molecule has 0 bridgehead atoms. The van der Waals surface area contributed by atoms with Crippen molar-refractivity contribution >= 4 is 5.91 Å². The van der Waals surface area contributed by atoms with E-state index in [0.717, 1.165) is 52.9 Å². The Morgan fingerprint density at radius 3 is 2.24 bits per heavy atom. The average Bonchev–Trinajstić information content (AvgIpc) is 3.00. The lowest BCUT2D eigenvalue weighted by atomic mass is 9.99.